The minimum absolute atomic E-state index is 0.0218. The van der Waals surface area contributed by atoms with E-state index >= 15 is 0 Å². The van der Waals surface area contributed by atoms with Gasteiger partial charge < -0.3 is 9.84 Å². The second-order valence-corrected chi connectivity index (χ2v) is 8.68. The topological polar surface area (TPSA) is 66.8 Å². The zero-order valence-corrected chi connectivity index (χ0v) is 15.8. The minimum atomic E-state index is -3.74. The summed E-state index contributed by atoms with van der Waals surface area (Å²) in [5.74, 6) is 0.297. The van der Waals surface area contributed by atoms with Crippen molar-refractivity contribution in [3.8, 4) is 5.75 Å². The number of β-amino-alcohol motifs (C(OH)–C–C–N with tert-alkyl or cyclic N) is 1. The van der Waals surface area contributed by atoms with Crippen molar-refractivity contribution >= 4 is 26.0 Å². The molecule has 0 aliphatic carbocycles. The molecule has 0 saturated carbocycles. The van der Waals surface area contributed by atoms with E-state index in [-0.39, 0.29) is 18.0 Å². The van der Waals surface area contributed by atoms with Crippen LogP contribution in [0.1, 0.15) is 11.1 Å². The highest BCUT2D eigenvalue weighted by molar-refractivity contribution is 9.10. The molecule has 128 valence electrons. The summed E-state index contributed by atoms with van der Waals surface area (Å²) in [6.45, 7) is 1.91. The van der Waals surface area contributed by atoms with E-state index in [1.54, 1.807) is 24.3 Å². The van der Waals surface area contributed by atoms with E-state index in [1.807, 2.05) is 25.1 Å². The molecule has 7 heteroatoms. The third-order valence-electron chi connectivity index (χ3n) is 4.25. The molecule has 1 saturated heterocycles. The average molecular weight is 412 g/mol. The number of benzene rings is 2. The number of ether oxygens (including phenoxy) is 1. The first-order valence-electron chi connectivity index (χ1n) is 7.40. The number of aryl methyl sites for hydroxylation is 1. The summed E-state index contributed by atoms with van der Waals surface area (Å²) in [6.07, 6.45) is 0. The van der Waals surface area contributed by atoms with Gasteiger partial charge in [-0.25, -0.2) is 8.42 Å². The lowest BCUT2D eigenvalue weighted by atomic mass is 9.88. The van der Waals surface area contributed by atoms with Crippen LogP contribution < -0.4 is 4.74 Å². The molecule has 0 radical (unpaired) electrons. The Morgan fingerprint density at radius 2 is 1.83 bits per heavy atom. The Morgan fingerprint density at radius 3 is 2.42 bits per heavy atom. The smallest absolute Gasteiger partial charge is 0.247 e. The molecule has 0 unspecified atom stereocenters. The Morgan fingerprint density at radius 1 is 1.21 bits per heavy atom. The molecule has 3 rings (SSSR count). The first-order valence-corrected chi connectivity index (χ1v) is 9.63. The molecule has 1 fully saturated rings. The molecule has 24 heavy (non-hydrogen) atoms. The van der Waals surface area contributed by atoms with E-state index in [0.717, 1.165) is 5.56 Å². The maximum atomic E-state index is 12.9. The van der Waals surface area contributed by atoms with Gasteiger partial charge >= 0.3 is 0 Å². The van der Waals surface area contributed by atoms with Gasteiger partial charge in [-0.1, -0.05) is 46.3 Å². The summed E-state index contributed by atoms with van der Waals surface area (Å²) in [7, 11) is -2.30. The molecular weight excluding hydrogens is 394 g/mol. The minimum Gasteiger partial charge on any atom is -0.495 e. The third-order valence-corrected chi connectivity index (χ3v) is 6.92. The molecule has 0 bridgehead atoms. The third kappa shape index (κ3) is 2.86. The first-order chi connectivity index (χ1) is 11.3. The maximum absolute atomic E-state index is 12.9. The highest BCUT2D eigenvalue weighted by atomic mass is 79.9. The number of sulfonamides is 1. The van der Waals surface area contributed by atoms with Gasteiger partial charge in [-0.15, -0.1) is 0 Å². The molecule has 1 aliphatic rings. The predicted octanol–water partition coefficient (Wildman–Crippen LogP) is 2.66. The number of hydrogen-bond acceptors (Lipinski definition) is 4. The summed E-state index contributed by atoms with van der Waals surface area (Å²) >= 11 is 3.36. The standard InChI is InChI=1S/C17H18BrNO4S/c1-12-8-15(23-2)16(9-14(12)18)24(21,22)19-10-17(20,11-19)13-6-4-3-5-7-13/h3-9,20H,10-11H2,1-2H3. The number of methoxy groups -OCH3 is 1. The monoisotopic (exact) mass is 411 g/mol. The van der Waals surface area contributed by atoms with Crippen molar-refractivity contribution in [3.05, 3.63) is 58.1 Å². The van der Waals surface area contributed by atoms with Crippen molar-refractivity contribution in [2.75, 3.05) is 20.2 Å². The van der Waals surface area contributed by atoms with E-state index in [4.69, 9.17) is 4.74 Å². The van der Waals surface area contributed by atoms with E-state index in [2.05, 4.69) is 15.9 Å². The van der Waals surface area contributed by atoms with Gasteiger partial charge in [0, 0.05) is 17.6 Å². The van der Waals surface area contributed by atoms with Gasteiger partial charge in [0.1, 0.15) is 16.2 Å². The van der Waals surface area contributed by atoms with Gasteiger partial charge in [-0.05, 0) is 30.2 Å². The fraction of sp³-hybridized carbons (Fsp3) is 0.294. The van der Waals surface area contributed by atoms with Crippen molar-refractivity contribution in [3.63, 3.8) is 0 Å². The molecule has 2 aromatic carbocycles. The van der Waals surface area contributed by atoms with Crippen LogP contribution in [-0.2, 0) is 15.6 Å². The van der Waals surface area contributed by atoms with Crippen molar-refractivity contribution in [2.45, 2.75) is 17.4 Å². The summed E-state index contributed by atoms with van der Waals surface area (Å²) in [6, 6.07) is 12.3. The predicted molar refractivity (Wildman–Crippen MR) is 94.5 cm³/mol. The van der Waals surface area contributed by atoms with Gasteiger partial charge in [-0.2, -0.15) is 4.31 Å². The average Bonchev–Trinajstić information content (AvgIpc) is 2.54. The van der Waals surface area contributed by atoms with Crippen LogP contribution in [0.3, 0.4) is 0 Å². The lowest BCUT2D eigenvalue weighted by Crippen LogP contribution is -2.61. The van der Waals surface area contributed by atoms with Crippen LogP contribution in [0.5, 0.6) is 5.75 Å². The van der Waals surface area contributed by atoms with E-state index in [1.165, 1.54) is 11.4 Å². The first kappa shape index (κ1) is 17.4. The quantitative estimate of drug-likeness (QED) is 0.839. The van der Waals surface area contributed by atoms with Crippen molar-refractivity contribution < 1.29 is 18.3 Å². The number of halogens is 1. The van der Waals surface area contributed by atoms with Crippen LogP contribution in [0.25, 0.3) is 0 Å². The highest BCUT2D eigenvalue weighted by Crippen LogP contribution is 2.39. The fourth-order valence-electron chi connectivity index (χ4n) is 2.78. The number of rotatable bonds is 4. The Bertz CT molecular complexity index is 862. The summed E-state index contributed by atoms with van der Waals surface area (Å²) in [5, 5.41) is 10.6. The van der Waals surface area contributed by atoms with Gasteiger partial charge in [0.25, 0.3) is 0 Å². The molecular formula is C17H18BrNO4S. The Labute approximate surface area is 150 Å². The van der Waals surface area contributed by atoms with E-state index < -0.39 is 15.6 Å². The molecule has 5 nitrogen and oxygen atoms in total. The molecule has 1 N–H and O–H groups in total. The van der Waals surface area contributed by atoms with Crippen molar-refractivity contribution in [1.82, 2.24) is 4.31 Å². The Hall–Kier alpha value is -1.41. The molecule has 0 amide bonds. The fourth-order valence-corrected chi connectivity index (χ4v) is 4.98. The summed E-state index contributed by atoms with van der Waals surface area (Å²) in [4.78, 5) is 0.0950. The molecule has 0 aromatic heterocycles. The van der Waals surface area contributed by atoms with Crippen LogP contribution in [0.2, 0.25) is 0 Å². The molecule has 2 aromatic rings. The van der Waals surface area contributed by atoms with Crippen LogP contribution in [0.15, 0.2) is 51.8 Å². The molecule has 1 heterocycles. The number of aliphatic hydroxyl groups is 1. The number of nitrogens with zero attached hydrogens (tertiary/aromatic N) is 1. The second kappa shape index (κ2) is 6.15. The van der Waals surface area contributed by atoms with Crippen molar-refractivity contribution in [2.24, 2.45) is 0 Å². The number of hydrogen-bond donors (Lipinski definition) is 1. The zero-order chi connectivity index (χ0) is 17.5. The highest BCUT2D eigenvalue weighted by Gasteiger charge is 2.49. The Kier molecular flexibility index (Phi) is 4.46. The van der Waals surface area contributed by atoms with Crippen LogP contribution in [0, 0.1) is 6.92 Å². The lowest BCUT2D eigenvalue weighted by molar-refractivity contribution is -0.0648. The van der Waals surface area contributed by atoms with Crippen LogP contribution in [-0.4, -0.2) is 38.0 Å². The second-order valence-electron chi connectivity index (χ2n) is 5.92. The molecule has 1 aliphatic heterocycles. The summed E-state index contributed by atoms with van der Waals surface area (Å²) < 4.78 is 33.0. The van der Waals surface area contributed by atoms with E-state index in [0.29, 0.717) is 15.8 Å². The van der Waals surface area contributed by atoms with Crippen molar-refractivity contribution in [1.29, 1.82) is 0 Å². The molecule has 0 atom stereocenters. The van der Waals surface area contributed by atoms with Crippen LogP contribution in [0.4, 0.5) is 0 Å². The van der Waals surface area contributed by atoms with E-state index in [9.17, 15) is 13.5 Å². The van der Waals surface area contributed by atoms with Gasteiger partial charge in [0.15, 0.2) is 0 Å². The summed E-state index contributed by atoms with van der Waals surface area (Å²) in [5.41, 5.74) is 0.451. The van der Waals surface area contributed by atoms with Gasteiger partial charge in [-0.3, -0.25) is 0 Å². The largest absolute Gasteiger partial charge is 0.495 e. The van der Waals surface area contributed by atoms with Gasteiger partial charge in [0.2, 0.25) is 10.0 Å². The molecule has 0 spiro atoms. The SMILES string of the molecule is COc1cc(C)c(Br)cc1S(=O)(=O)N1CC(O)(c2ccccc2)C1. The lowest BCUT2D eigenvalue weighted by Gasteiger charge is -2.45. The zero-order valence-electron chi connectivity index (χ0n) is 13.4. The Balaban J connectivity index is 1.90. The van der Waals surface area contributed by atoms with Gasteiger partial charge in [0.05, 0.1) is 7.11 Å². The normalized spacial score (nSPS) is 17.3. The van der Waals surface area contributed by atoms with Crippen LogP contribution >= 0.6 is 15.9 Å². The maximum Gasteiger partial charge on any atom is 0.247 e.